The van der Waals surface area contributed by atoms with E-state index < -0.39 is 10.1 Å². The van der Waals surface area contributed by atoms with Gasteiger partial charge in [0.15, 0.2) is 0 Å². The topological polar surface area (TPSA) is 57.2 Å². The Morgan fingerprint density at radius 2 is 1.29 bits per heavy atom. The van der Waals surface area contributed by atoms with E-state index in [-0.39, 0.29) is 57.1 Å². The van der Waals surface area contributed by atoms with Crippen molar-refractivity contribution < 1.29 is 64.4 Å². The standard InChI is InChI=1S/C12H26O3S.K/c1-12(2)10-8-6-4-3-5-7-9-11-16(13,14)15;/h12H,3-11H2,1-2H3,(H,13,14,15);/q;+1/p-1. The summed E-state index contributed by atoms with van der Waals surface area (Å²) in [4.78, 5) is 0. The predicted molar refractivity (Wildman–Crippen MR) is 66.3 cm³/mol. The maximum absolute atomic E-state index is 10.3. The van der Waals surface area contributed by atoms with Gasteiger partial charge in [0.05, 0.1) is 10.1 Å². The van der Waals surface area contributed by atoms with Crippen LogP contribution in [0.3, 0.4) is 0 Å². The molecule has 0 aromatic carbocycles. The van der Waals surface area contributed by atoms with Gasteiger partial charge in [-0.15, -0.1) is 0 Å². The van der Waals surface area contributed by atoms with Crippen molar-refractivity contribution in [2.75, 3.05) is 5.75 Å². The fourth-order valence-corrected chi connectivity index (χ4v) is 2.27. The molecule has 0 spiro atoms. The zero-order valence-electron chi connectivity index (χ0n) is 11.6. The minimum atomic E-state index is -3.99. The first-order valence-corrected chi connectivity index (χ1v) is 7.93. The van der Waals surface area contributed by atoms with E-state index in [0.717, 1.165) is 25.2 Å². The molecular formula is C12H25KO3S. The largest absolute Gasteiger partial charge is 1.00 e. The van der Waals surface area contributed by atoms with Gasteiger partial charge in [-0.3, -0.25) is 0 Å². The fraction of sp³-hybridized carbons (Fsp3) is 1.00. The molecule has 0 unspecified atom stereocenters. The Labute approximate surface area is 149 Å². The minimum Gasteiger partial charge on any atom is -0.748 e. The summed E-state index contributed by atoms with van der Waals surface area (Å²) in [7, 11) is -3.99. The molecule has 3 nitrogen and oxygen atoms in total. The van der Waals surface area contributed by atoms with Crippen LogP contribution in [0.2, 0.25) is 0 Å². The van der Waals surface area contributed by atoms with Crippen LogP contribution < -0.4 is 51.4 Å². The van der Waals surface area contributed by atoms with Gasteiger partial charge < -0.3 is 4.55 Å². The van der Waals surface area contributed by atoms with Crippen molar-refractivity contribution in [3.05, 3.63) is 0 Å². The first-order chi connectivity index (χ1) is 7.42. The monoisotopic (exact) mass is 288 g/mol. The molecule has 0 radical (unpaired) electrons. The Morgan fingerprint density at radius 1 is 0.882 bits per heavy atom. The van der Waals surface area contributed by atoms with Crippen LogP contribution in [0.25, 0.3) is 0 Å². The molecule has 0 aromatic rings. The van der Waals surface area contributed by atoms with E-state index in [1.165, 1.54) is 25.7 Å². The van der Waals surface area contributed by atoms with Crippen molar-refractivity contribution >= 4 is 10.1 Å². The van der Waals surface area contributed by atoms with Gasteiger partial charge in [-0.05, 0) is 12.3 Å². The molecule has 0 aliphatic heterocycles. The average molecular weight is 288 g/mol. The molecule has 0 heterocycles. The minimum absolute atomic E-state index is 0. The number of hydrogen-bond acceptors (Lipinski definition) is 3. The number of unbranched alkanes of at least 4 members (excludes halogenated alkanes) is 6. The summed E-state index contributed by atoms with van der Waals surface area (Å²) in [6.07, 6.45) is 8.72. The van der Waals surface area contributed by atoms with E-state index in [4.69, 9.17) is 0 Å². The van der Waals surface area contributed by atoms with Gasteiger partial charge >= 0.3 is 51.4 Å². The second kappa shape index (κ2) is 12.6. The molecule has 0 amide bonds. The summed E-state index contributed by atoms with van der Waals surface area (Å²) >= 11 is 0. The molecule has 0 saturated carbocycles. The van der Waals surface area contributed by atoms with Crippen LogP contribution in [0.4, 0.5) is 0 Å². The van der Waals surface area contributed by atoms with E-state index in [9.17, 15) is 13.0 Å². The third-order valence-electron chi connectivity index (χ3n) is 2.68. The zero-order chi connectivity index (χ0) is 12.4. The van der Waals surface area contributed by atoms with Gasteiger partial charge in [-0.2, -0.15) is 0 Å². The van der Waals surface area contributed by atoms with Crippen LogP contribution in [-0.2, 0) is 10.1 Å². The summed E-state index contributed by atoms with van der Waals surface area (Å²) in [5.74, 6) is 0.600. The Hall–Kier alpha value is 1.55. The number of hydrogen-bond donors (Lipinski definition) is 0. The SMILES string of the molecule is CC(C)CCCCCCCCCS(=O)(=O)[O-].[K+]. The first-order valence-electron chi connectivity index (χ1n) is 6.35. The molecule has 0 aliphatic carbocycles. The molecule has 0 atom stereocenters. The van der Waals surface area contributed by atoms with Gasteiger partial charge in [-0.25, -0.2) is 8.42 Å². The van der Waals surface area contributed by atoms with Gasteiger partial charge in [0.25, 0.3) is 0 Å². The van der Waals surface area contributed by atoms with Crippen LogP contribution in [0.5, 0.6) is 0 Å². The molecule has 17 heavy (non-hydrogen) atoms. The fourth-order valence-electron chi connectivity index (χ4n) is 1.72. The quantitative estimate of drug-likeness (QED) is 0.330. The van der Waals surface area contributed by atoms with Crippen LogP contribution >= 0.6 is 0 Å². The molecule has 0 N–H and O–H groups in total. The Balaban J connectivity index is 0. The average Bonchev–Trinajstić information content (AvgIpc) is 2.13. The molecule has 0 saturated heterocycles. The van der Waals surface area contributed by atoms with E-state index in [1.807, 2.05) is 0 Å². The summed E-state index contributed by atoms with van der Waals surface area (Å²) in [6.45, 7) is 4.48. The summed E-state index contributed by atoms with van der Waals surface area (Å²) < 4.78 is 30.9. The smallest absolute Gasteiger partial charge is 0.748 e. The number of rotatable bonds is 10. The Morgan fingerprint density at radius 3 is 1.71 bits per heavy atom. The second-order valence-electron chi connectivity index (χ2n) is 4.92. The Kier molecular flexibility index (Phi) is 15.4. The van der Waals surface area contributed by atoms with Crippen molar-refractivity contribution in [1.29, 1.82) is 0 Å². The van der Waals surface area contributed by atoms with E-state index in [1.54, 1.807) is 0 Å². The summed E-state index contributed by atoms with van der Waals surface area (Å²) in [5, 5.41) is 0. The summed E-state index contributed by atoms with van der Waals surface area (Å²) in [6, 6.07) is 0. The Bertz CT molecular complexity index is 250. The molecule has 0 bridgehead atoms. The van der Waals surface area contributed by atoms with Crippen LogP contribution in [0.15, 0.2) is 0 Å². The zero-order valence-corrected chi connectivity index (χ0v) is 15.5. The molecule has 0 aliphatic rings. The molecule has 0 aromatic heterocycles. The summed E-state index contributed by atoms with van der Waals surface area (Å²) in [5.41, 5.74) is 0. The van der Waals surface area contributed by atoms with Gasteiger partial charge in [0.2, 0.25) is 0 Å². The van der Waals surface area contributed by atoms with Crippen molar-refractivity contribution in [2.24, 2.45) is 5.92 Å². The third kappa shape index (κ3) is 20.0. The molecule has 98 valence electrons. The van der Waals surface area contributed by atoms with Crippen molar-refractivity contribution in [3.63, 3.8) is 0 Å². The predicted octanol–water partition coefficient (Wildman–Crippen LogP) is 0.312. The molecule has 5 heteroatoms. The maximum atomic E-state index is 10.3. The van der Waals surface area contributed by atoms with Crippen molar-refractivity contribution in [2.45, 2.75) is 65.2 Å². The normalized spacial score (nSPS) is 11.5. The van der Waals surface area contributed by atoms with Crippen LogP contribution in [-0.4, -0.2) is 18.7 Å². The van der Waals surface area contributed by atoms with Crippen molar-refractivity contribution in [1.82, 2.24) is 0 Å². The van der Waals surface area contributed by atoms with Crippen molar-refractivity contribution in [3.8, 4) is 0 Å². The van der Waals surface area contributed by atoms with E-state index in [0.29, 0.717) is 6.42 Å². The van der Waals surface area contributed by atoms with Gasteiger partial charge in [0.1, 0.15) is 0 Å². The maximum Gasteiger partial charge on any atom is 1.00 e. The van der Waals surface area contributed by atoms with E-state index >= 15 is 0 Å². The van der Waals surface area contributed by atoms with Gasteiger partial charge in [-0.1, -0.05) is 58.8 Å². The van der Waals surface area contributed by atoms with E-state index in [2.05, 4.69) is 13.8 Å². The van der Waals surface area contributed by atoms with Crippen LogP contribution in [0.1, 0.15) is 65.2 Å². The van der Waals surface area contributed by atoms with Gasteiger partial charge in [0, 0.05) is 5.75 Å². The molecule has 0 fully saturated rings. The third-order valence-corrected chi connectivity index (χ3v) is 3.46. The first kappa shape index (κ1) is 20.9. The molecular weight excluding hydrogens is 263 g/mol. The van der Waals surface area contributed by atoms with Crippen LogP contribution in [0, 0.1) is 5.92 Å². The second-order valence-corrected chi connectivity index (χ2v) is 6.44. The molecule has 0 rings (SSSR count).